The molecule has 2 N–H and O–H groups in total. The van der Waals surface area contributed by atoms with E-state index >= 15 is 0 Å². The van der Waals surface area contributed by atoms with Gasteiger partial charge in [0.25, 0.3) is 0 Å². The van der Waals surface area contributed by atoms with Gasteiger partial charge in [0, 0.05) is 12.1 Å². The second kappa shape index (κ2) is 5.87. The third-order valence-corrected chi connectivity index (χ3v) is 3.46. The number of hydrogen-bond donors (Lipinski definition) is 2. The summed E-state index contributed by atoms with van der Waals surface area (Å²) in [6, 6.07) is 7.59. The molecule has 0 aromatic heterocycles. The van der Waals surface area contributed by atoms with Crippen LogP contribution < -0.4 is 10.1 Å². The molecule has 2 atom stereocenters. The third-order valence-electron chi connectivity index (χ3n) is 3.46. The summed E-state index contributed by atoms with van der Waals surface area (Å²) in [4.78, 5) is 11.9. The van der Waals surface area contributed by atoms with E-state index in [4.69, 9.17) is 4.74 Å². The van der Waals surface area contributed by atoms with E-state index < -0.39 is 6.10 Å². The van der Waals surface area contributed by atoms with Crippen LogP contribution in [-0.4, -0.2) is 24.2 Å². The van der Waals surface area contributed by atoms with Crippen LogP contribution in [0.3, 0.4) is 0 Å². The number of carbonyl (C=O) groups excluding carboxylic acids is 1. The molecule has 0 aliphatic heterocycles. The average Bonchev–Trinajstić information content (AvgIpc) is 2.82. The van der Waals surface area contributed by atoms with E-state index in [9.17, 15) is 9.90 Å². The van der Waals surface area contributed by atoms with E-state index in [0.29, 0.717) is 6.54 Å². The number of aliphatic hydroxyl groups is 1. The Bertz CT molecular complexity index is 419. The lowest BCUT2D eigenvalue weighted by atomic mass is 10.1. The highest BCUT2D eigenvalue weighted by atomic mass is 16.5. The number of carbonyl (C=O) groups is 1. The summed E-state index contributed by atoms with van der Waals surface area (Å²) in [5.74, 6) is 0.454. The number of ether oxygens (including phenoxy) is 1. The zero-order valence-electron chi connectivity index (χ0n) is 10.6. The molecule has 1 aliphatic rings. The molecule has 0 spiro atoms. The fourth-order valence-electron chi connectivity index (χ4n) is 2.41. The normalized spacial score (nSPS) is 22.8. The Morgan fingerprint density at radius 2 is 2.22 bits per heavy atom. The predicted octanol–water partition coefficient (Wildman–Crippen LogP) is 1.47. The highest BCUT2D eigenvalue weighted by Gasteiger charge is 2.31. The van der Waals surface area contributed by atoms with Crippen LogP contribution in [0, 0.1) is 5.92 Å². The van der Waals surface area contributed by atoms with Crippen molar-refractivity contribution < 1.29 is 14.6 Å². The Labute approximate surface area is 107 Å². The summed E-state index contributed by atoms with van der Waals surface area (Å²) >= 11 is 0. The minimum atomic E-state index is -0.484. The molecule has 4 nitrogen and oxygen atoms in total. The predicted molar refractivity (Wildman–Crippen MR) is 68.2 cm³/mol. The Balaban J connectivity index is 1.93. The highest BCUT2D eigenvalue weighted by molar-refractivity contribution is 5.79. The van der Waals surface area contributed by atoms with Crippen LogP contribution in [0.25, 0.3) is 0 Å². The van der Waals surface area contributed by atoms with E-state index in [1.54, 1.807) is 7.11 Å². The molecule has 1 aliphatic carbocycles. The molecule has 1 saturated carbocycles. The van der Waals surface area contributed by atoms with Crippen molar-refractivity contribution in [3.05, 3.63) is 29.8 Å². The lowest BCUT2D eigenvalue weighted by Crippen LogP contribution is -2.34. The third kappa shape index (κ3) is 2.82. The number of hydrogen-bond acceptors (Lipinski definition) is 3. The first-order valence-electron chi connectivity index (χ1n) is 6.30. The van der Waals surface area contributed by atoms with Gasteiger partial charge in [0.15, 0.2) is 0 Å². The average molecular weight is 249 g/mol. The van der Waals surface area contributed by atoms with Crippen molar-refractivity contribution in [2.24, 2.45) is 5.92 Å². The zero-order valence-corrected chi connectivity index (χ0v) is 10.6. The molecule has 2 unspecified atom stereocenters. The number of amides is 1. The first-order valence-corrected chi connectivity index (χ1v) is 6.30. The van der Waals surface area contributed by atoms with Gasteiger partial charge in [-0.05, 0) is 25.3 Å². The minimum Gasteiger partial charge on any atom is -0.496 e. The molecule has 0 radical (unpaired) electrons. The number of nitrogens with one attached hydrogen (secondary N) is 1. The van der Waals surface area contributed by atoms with Crippen molar-refractivity contribution in [3.63, 3.8) is 0 Å². The molecule has 0 heterocycles. The van der Waals surface area contributed by atoms with Crippen molar-refractivity contribution in [1.82, 2.24) is 5.32 Å². The van der Waals surface area contributed by atoms with Crippen LogP contribution in [0.2, 0.25) is 0 Å². The van der Waals surface area contributed by atoms with Crippen molar-refractivity contribution in [2.75, 3.05) is 7.11 Å². The van der Waals surface area contributed by atoms with Crippen LogP contribution in [0.5, 0.6) is 5.75 Å². The van der Waals surface area contributed by atoms with Gasteiger partial charge in [-0.1, -0.05) is 18.2 Å². The number of aliphatic hydroxyl groups excluding tert-OH is 1. The van der Waals surface area contributed by atoms with Gasteiger partial charge in [0.1, 0.15) is 5.75 Å². The van der Waals surface area contributed by atoms with E-state index in [2.05, 4.69) is 5.32 Å². The van der Waals surface area contributed by atoms with Gasteiger partial charge in [-0.2, -0.15) is 0 Å². The number of rotatable bonds is 4. The fraction of sp³-hybridized carbons (Fsp3) is 0.500. The molecule has 1 aromatic carbocycles. The molecule has 1 fully saturated rings. The highest BCUT2D eigenvalue weighted by Crippen LogP contribution is 2.26. The molecule has 98 valence electrons. The second-order valence-corrected chi connectivity index (χ2v) is 4.63. The Hall–Kier alpha value is -1.55. The number of benzene rings is 1. The molecule has 2 rings (SSSR count). The lowest BCUT2D eigenvalue weighted by molar-refractivity contribution is -0.127. The quantitative estimate of drug-likeness (QED) is 0.849. The van der Waals surface area contributed by atoms with Gasteiger partial charge in [-0.15, -0.1) is 0 Å². The van der Waals surface area contributed by atoms with Gasteiger partial charge in [-0.25, -0.2) is 0 Å². The number of methoxy groups -OCH3 is 1. The molecular formula is C14H19NO3. The summed E-state index contributed by atoms with van der Waals surface area (Å²) in [6.07, 6.45) is 1.95. The zero-order chi connectivity index (χ0) is 13.0. The van der Waals surface area contributed by atoms with Crippen molar-refractivity contribution in [1.29, 1.82) is 0 Å². The maximum absolute atomic E-state index is 11.9. The summed E-state index contributed by atoms with van der Waals surface area (Å²) in [5.41, 5.74) is 0.945. The maximum Gasteiger partial charge on any atom is 0.225 e. The molecule has 1 aromatic rings. The number of para-hydroxylation sites is 1. The van der Waals surface area contributed by atoms with Gasteiger partial charge in [-0.3, -0.25) is 4.79 Å². The van der Waals surface area contributed by atoms with E-state index in [0.717, 1.165) is 30.6 Å². The Morgan fingerprint density at radius 3 is 2.89 bits per heavy atom. The molecule has 0 saturated heterocycles. The van der Waals surface area contributed by atoms with Crippen molar-refractivity contribution in [2.45, 2.75) is 31.9 Å². The fourth-order valence-corrected chi connectivity index (χ4v) is 2.41. The lowest BCUT2D eigenvalue weighted by Gasteiger charge is -2.15. The topological polar surface area (TPSA) is 58.6 Å². The van der Waals surface area contributed by atoms with Crippen LogP contribution in [0.15, 0.2) is 24.3 Å². The van der Waals surface area contributed by atoms with Crippen LogP contribution in [0.1, 0.15) is 24.8 Å². The van der Waals surface area contributed by atoms with Crippen LogP contribution in [0.4, 0.5) is 0 Å². The van der Waals surface area contributed by atoms with Crippen LogP contribution in [-0.2, 0) is 11.3 Å². The summed E-state index contributed by atoms with van der Waals surface area (Å²) < 4.78 is 5.22. The van der Waals surface area contributed by atoms with Crippen molar-refractivity contribution >= 4 is 5.91 Å². The first kappa shape index (κ1) is 12.9. The van der Waals surface area contributed by atoms with E-state index in [-0.39, 0.29) is 11.8 Å². The van der Waals surface area contributed by atoms with Gasteiger partial charge in [0.2, 0.25) is 5.91 Å². The molecule has 0 bridgehead atoms. The van der Waals surface area contributed by atoms with Crippen molar-refractivity contribution in [3.8, 4) is 5.75 Å². The Morgan fingerprint density at radius 1 is 1.44 bits per heavy atom. The largest absolute Gasteiger partial charge is 0.496 e. The first-order chi connectivity index (χ1) is 8.72. The standard InChI is InChI=1S/C14H19NO3/c1-18-13-8-3-2-5-10(13)9-15-14(17)11-6-4-7-12(11)16/h2-3,5,8,11-12,16H,4,6-7,9H2,1H3,(H,15,17). The molecule has 18 heavy (non-hydrogen) atoms. The van der Waals surface area contributed by atoms with E-state index in [1.165, 1.54) is 0 Å². The van der Waals surface area contributed by atoms with Gasteiger partial charge < -0.3 is 15.2 Å². The van der Waals surface area contributed by atoms with Crippen LogP contribution >= 0.6 is 0 Å². The summed E-state index contributed by atoms with van der Waals surface area (Å²) in [5, 5.41) is 12.5. The minimum absolute atomic E-state index is 0.0640. The van der Waals surface area contributed by atoms with Gasteiger partial charge in [0.05, 0.1) is 19.1 Å². The van der Waals surface area contributed by atoms with Gasteiger partial charge >= 0.3 is 0 Å². The monoisotopic (exact) mass is 249 g/mol. The van der Waals surface area contributed by atoms with E-state index in [1.807, 2.05) is 24.3 Å². The molecule has 1 amide bonds. The maximum atomic E-state index is 11.9. The SMILES string of the molecule is COc1ccccc1CNC(=O)C1CCCC1O. The summed E-state index contributed by atoms with van der Waals surface area (Å²) in [6.45, 7) is 0.437. The molecular weight excluding hydrogens is 230 g/mol. The Kier molecular flexibility index (Phi) is 4.20. The second-order valence-electron chi connectivity index (χ2n) is 4.63. The summed E-state index contributed by atoms with van der Waals surface area (Å²) in [7, 11) is 1.61. The molecule has 4 heteroatoms. The smallest absolute Gasteiger partial charge is 0.225 e.